The molecule has 2 heterocycles. The van der Waals surface area contributed by atoms with Gasteiger partial charge in [-0.25, -0.2) is 4.79 Å². The third kappa shape index (κ3) is 2.95. The van der Waals surface area contributed by atoms with Crippen molar-refractivity contribution in [2.45, 2.75) is 58.0 Å². The highest BCUT2D eigenvalue weighted by molar-refractivity contribution is 7.10. The molecule has 3 unspecified atom stereocenters. The Balaban J connectivity index is 1.59. The molecule has 0 radical (unpaired) electrons. The number of H-pyrrole nitrogens is 1. The topological polar surface area (TPSA) is 59.2 Å². The van der Waals surface area contributed by atoms with Crippen molar-refractivity contribution in [2.24, 2.45) is 5.92 Å². The molecule has 3 atom stereocenters. The van der Waals surface area contributed by atoms with Gasteiger partial charge in [0.15, 0.2) is 5.78 Å². The number of carbonyl (C=O) groups is 2. The Morgan fingerprint density at radius 3 is 2.84 bits per heavy atom. The van der Waals surface area contributed by atoms with E-state index in [0.29, 0.717) is 23.6 Å². The molecule has 0 amide bonds. The van der Waals surface area contributed by atoms with Crippen LogP contribution in [0, 0.1) is 12.8 Å². The Morgan fingerprint density at radius 2 is 2.16 bits per heavy atom. The van der Waals surface area contributed by atoms with Crippen LogP contribution in [0.3, 0.4) is 0 Å². The first-order chi connectivity index (χ1) is 12.0. The van der Waals surface area contributed by atoms with Gasteiger partial charge in [0, 0.05) is 28.5 Å². The highest BCUT2D eigenvalue weighted by atomic mass is 32.1. The highest BCUT2D eigenvalue weighted by Gasteiger charge is 2.34. The Morgan fingerprint density at radius 1 is 1.32 bits per heavy atom. The number of carbonyl (C=O) groups excluding carboxylic acids is 2. The fourth-order valence-corrected chi connectivity index (χ4v) is 5.08. The molecule has 1 N–H and O–H groups in total. The van der Waals surface area contributed by atoms with E-state index in [1.54, 1.807) is 11.3 Å². The molecule has 2 aromatic heterocycles. The SMILES string of the molecule is Cc1c(C(=O)OC2CCCC2C)[nH]c2c1C(=O)CC(c1cccs1)C2. The van der Waals surface area contributed by atoms with E-state index in [-0.39, 0.29) is 23.8 Å². The van der Waals surface area contributed by atoms with Gasteiger partial charge >= 0.3 is 5.97 Å². The average molecular weight is 357 g/mol. The maximum Gasteiger partial charge on any atom is 0.355 e. The van der Waals surface area contributed by atoms with Crippen molar-refractivity contribution in [2.75, 3.05) is 0 Å². The van der Waals surface area contributed by atoms with E-state index in [4.69, 9.17) is 4.74 Å². The number of aromatic nitrogens is 1. The molecule has 1 saturated carbocycles. The van der Waals surface area contributed by atoms with Gasteiger partial charge in [-0.2, -0.15) is 0 Å². The first kappa shape index (κ1) is 16.6. The third-order valence-corrected chi connectivity index (χ3v) is 6.71. The smallest absolute Gasteiger partial charge is 0.355 e. The summed E-state index contributed by atoms with van der Waals surface area (Å²) in [4.78, 5) is 29.8. The zero-order chi connectivity index (χ0) is 17.6. The summed E-state index contributed by atoms with van der Waals surface area (Å²) in [6.07, 6.45) is 4.45. The van der Waals surface area contributed by atoms with Crippen LogP contribution in [-0.4, -0.2) is 22.8 Å². The van der Waals surface area contributed by atoms with Crippen LogP contribution in [0.25, 0.3) is 0 Å². The van der Waals surface area contributed by atoms with Crippen molar-refractivity contribution in [3.8, 4) is 0 Å². The number of rotatable bonds is 3. The number of nitrogens with one attached hydrogen (secondary N) is 1. The van der Waals surface area contributed by atoms with Crippen LogP contribution in [0.4, 0.5) is 0 Å². The second-order valence-electron chi connectivity index (χ2n) is 7.37. The molecule has 2 aliphatic rings. The highest BCUT2D eigenvalue weighted by Crippen LogP contribution is 2.37. The summed E-state index contributed by atoms with van der Waals surface area (Å²) in [7, 11) is 0. The fraction of sp³-hybridized carbons (Fsp3) is 0.500. The summed E-state index contributed by atoms with van der Waals surface area (Å²) in [6.45, 7) is 3.99. The van der Waals surface area contributed by atoms with Crippen LogP contribution in [0.15, 0.2) is 17.5 Å². The van der Waals surface area contributed by atoms with Gasteiger partial charge in [-0.3, -0.25) is 4.79 Å². The maximum atomic E-state index is 12.7. The first-order valence-corrected chi connectivity index (χ1v) is 9.91. The summed E-state index contributed by atoms with van der Waals surface area (Å²) in [5.74, 6) is 0.434. The van der Waals surface area contributed by atoms with Gasteiger partial charge in [0.05, 0.1) is 0 Å². The normalized spacial score (nSPS) is 25.8. The predicted molar refractivity (Wildman–Crippen MR) is 97.5 cm³/mol. The summed E-state index contributed by atoms with van der Waals surface area (Å²) in [6, 6.07) is 4.10. The van der Waals surface area contributed by atoms with E-state index in [1.807, 2.05) is 18.4 Å². The quantitative estimate of drug-likeness (QED) is 0.814. The molecule has 0 bridgehead atoms. The molecule has 5 heteroatoms. The van der Waals surface area contributed by atoms with Crippen molar-refractivity contribution in [3.05, 3.63) is 44.9 Å². The zero-order valence-electron chi connectivity index (χ0n) is 14.6. The Labute approximate surface area is 151 Å². The second-order valence-corrected chi connectivity index (χ2v) is 8.35. The van der Waals surface area contributed by atoms with Gasteiger partial charge in [0.2, 0.25) is 0 Å². The number of fused-ring (bicyclic) bond motifs is 1. The standard InChI is InChI=1S/C20H23NO3S/c1-11-5-3-6-16(11)24-20(23)19-12(2)18-14(21-19)9-13(10-15(18)22)17-7-4-8-25-17/h4,7-8,11,13,16,21H,3,5-6,9-10H2,1-2H3. The summed E-state index contributed by atoms with van der Waals surface area (Å²) in [5, 5.41) is 2.04. The molecule has 0 aliphatic heterocycles. The van der Waals surface area contributed by atoms with Crippen molar-refractivity contribution < 1.29 is 14.3 Å². The van der Waals surface area contributed by atoms with Crippen molar-refractivity contribution in [1.29, 1.82) is 0 Å². The Bertz CT molecular complexity index is 805. The van der Waals surface area contributed by atoms with Crippen LogP contribution in [-0.2, 0) is 11.2 Å². The van der Waals surface area contributed by atoms with Crippen LogP contribution in [0.1, 0.15) is 75.5 Å². The summed E-state index contributed by atoms with van der Waals surface area (Å²) >= 11 is 1.69. The molecular formula is C20H23NO3S. The minimum absolute atomic E-state index is 0.00166. The molecule has 2 aromatic rings. The number of Topliss-reactive ketones (excluding diaryl/α,β-unsaturated/α-hetero) is 1. The summed E-state index contributed by atoms with van der Waals surface area (Å²) < 4.78 is 5.72. The maximum absolute atomic E-state index is 12.7. The Kier molecular flexibility index (Phi) is 4.28. The minimum Gasteiger partial charge on any atom is -0.457 e. The number of ketones is 1. The van der Waals surface area contributed by atoms with Crippen molar-refractivity contribution in [1.82, 2.24) is 4.98 Å². The minimum atomic E-state index is -0.314. The molecule has 0 spiro atoms. The molecule has 4 nitrogen and oxygen atoms in total. The van der Waals surface area contributed by atoms with Gasteiger partial charge in [0.1, 0.15) is 11.8 Å². The number of hydrogen-bond acceptors (Lipinski definition) is 4. The van der Waals surface area contributed by atoms with E-state index in [2.05, 4.69) is 18.0 Å². The number of thiophene rings is 1. The Hall–Kier alpha value is -1.88. The monoisotopic (exact) mass is 357 g/mol. The van der Waals surface area contributed by atoms with Gasteiger partial charge in [-0.1, -0.05) is 13.0 Å². The van der Waals surface area contributed by atoms with Crippen LogP contribution in [0.5, 0.6) is 0 Å². The zero-order valence-corrected chi connectivity index (χ0v) is 15.4. The lowest BCUT2D eigenvalue weighted by molar-refractivity contribution is 0.0219. The van der Waals surface area contributed by atoms with E-state index in [1.165, 1.54) is 4.88 Å². The van der Waals surface area contributed by atoms with Gasteiger partial charge in [0.25, 0.3) is 0 Å². The molecular weight excluding hydrogens is 334 g/mol. The predicted octanol–water partition coefficient (Wildman–Crippen LogP) is 4.64. The molecule has 4 rings (SSSR count). The lowest BCUT2D eigenvalue weighted by Gasteiger charge is -2.20. The third-order valence-electron chi connectivity index (χ3n) is 5.68. The molecule has 132 valence electrons. The molecule has 0 aromatic carbocycles. The van der Waals surface area contributed by atoms with E-state index >= 15 is 0 Å². The van der Waals surface area contributed by atoms with Crippen LogP contribution >= 0.6 is 11.3 Å². The van der Waals surface area contributed by atoms with Crippen LogP contribution < -0.4 is 0 Å². The molecule has 1 fully saturated rings. The largest absolute Gasteiger partial charge is 0.457 e. The fourth-order valence-electron chi connectivity index (χ4n) is 4.25. The van der Waals surface area contributed by atoms with Crippen molar-refractivity contribution >= 4 is 23.1 Å². The molecule has 0 saturated heterocycles. The lowest BCUT2D eigenvalue weighted by Crippen LogP contribution is -2.21. The van der Waals surface area contributed by atoms with E-state index in [9.17, 15) is 9.59 Å². The van der Waals surface area contributed by atoms with Gasteiger partial charge in [-0.15, -0.1) is 11.3 Å². The molecule has 25 heavy (non-hydrogen) atoms. The number of aromatic amines is 1. The molecule has 2 aliphatic carbocycles. The van der Waals surface area contributed by atoms with Crippen molar-refractivity contribution in [3.63, 3.8) is 0 Å². The lowest BCUT2D eigenvalue weighted by atomic mass is 9.84. The first-order valence-electron chi connectivity index (χ1n) is 9.03. The number of ether oxygens (including phenoxy) is 1. The van der Waals surface area contributed by atoms with Gasteiger partial charge < -0.3 is 9.72 Å². The number of esters is 1. The van der Waals surface area contributed by atoms with Crippen LogP contribution in [0.2, 0.25) is 0 Å². The second kappa shape index (κ2) is 6.45. The van der Waals surface area contributed by atoms with E-state index < -0.39 is 0 Å². The average Bonchev–Trinajstić information content (AvgIpc) is 3.29. The summed E-state index contributed by atoms with van der Waals surface area (Å²) in [5.41, 5.74) is 2.81. The number of hydrogen-bond donors (Lipinski definition) is 1. The van der Waals surface area contributed by atoms with Gasteiger partial charge in [-0.05, 0) is 55.5 Å². The van der Waals surface area contributed by atoms with E-state index in [0.717, 1.165) is 36.9 Å².